The lowest BCUT2D eigenvalue weighted by molar-refractivity contribution is -0.173. The number of nitrogens with zero attached hydrogens (tertiary/aromatic N) is 2. The van der Waals surface area contributed by atoms with Gasteiger partial charge in [-0.05, 0) is 52.0 Å². The molecule has 1 aliphatic heterocycles. The van der Waals surface area contributed by atoms with Crippen molar-refractivity contribution in [3.05, 3.63) is 62.4 Å². The molecule has 3 N–H and O–H groups in total. The third-order valence-corrected chi connectivity index (χ3v) is 6.79. The van der Waals surface area contributed by atoms with Gasteiger partial charge in [-0.25, -0.2) is 4.68 Å². The van der Waals surface area contributed by atoms with Crippen LogP contribution in [-0.4, -0.2) is 27.0 Å². The third kappa shape index (κ3) is 4.35. The maximum absolute atomic E-state index is 13.8. The highest BCUT2D eigenvalue weighted by Crippen LogP contribution is 2.46. The summed E-state index contributed by atoms with van der Waals surface area (Å²) in [6.45, 7) is 1.62. The standard InChI is InChI=1S/C20H18BrF3N4O2S/c1-10(29)11-4-6-12(7-5-11)25-19(30)17-16(21)18-26-13(14-3-2-8-31-14)9-15(20(22,23)24)28(18)27-17/h2-8,10,13,15,26,29H,9H2,1H3,(H,25,30)/t10-,13+,15+/m0/s1. The molecule has 0 saturated carbocycles. The lowest BCUT2D eigenvalue weighted by Gasteiger charge is -2.33. The molecule has 1 aromatic carbocycles. The van der Waals surface area contributed by atoms with Gasteiger partial charge in [0.05, 0.1) is 16.6 Å². The zero-order chi connectivity index (χ0) is 22.3. The van der Waals surface area contributed by atoms with Crippen molar-refractivity contribution >= 4 is 44.7 Å². The molecule has 164 valence electrons. The average Bonchev–Trinajstić information content (AvgIpc) is 3.35. The summed E-state index contributed by atoms with van der Waals surface area (Å²) in [6.07, 6.45) is -5.41. The number of hydrogen-bond donors (Lipinski definition) is 3. The van der Waals surface area contributed by atoms with Crippen LogP contribution in [0.5, 0.6) is 0 Å². The smallest absolute Gasteiger partial charge is 0.389 e. The topological polar surface area (TPSA) is 79.2 Å². The molecule has 0 radical (unpaired) electrons. The second kappa shape index (κ2) is 8.29. The van der Waals surface area contributed by atoms with Crippen LogP contribution in [0, 0.1) is 0 Å². The van der Waals surface area contributed by atoms with Crippen molar-refractivity contribution in [1.29, 1.82) is 0 Å². The van der Waals surface area contributed by atoms with E-state index in [1.54, 1.807) is 43.3 Å². The number of aliphatic hydroxyl groups excluding tert-OH is 1. The largest absolute Gasteiger partial charge is 0.410 e. The van der Waals surface area contributed by atoms with Crippen molar-refractivity contribution in [2.45, 2.75) is 37.7 Å². The highest BCUT2D eigenvalue weighted by atomic mass is 79.9. The van der Waals surface area contributed by atoms with E-state index in [0.29, 0.717) is 11.3 Å². The summed E-state index contributed by atoms with van der Waals surface area (Å²) in [5.41, 5.74) is 0.959. The number of carbonyl (C=O) groups is 1. The molecular weight excluding hydrogens is 497 g/mol. The van der Waals surface area contributed by atoms with Crippen molar-refractivity contribution in [3.63, 3.8) is 0 Å². The number of fused-ring (bicyclic) bond motifs is 1. The average molecular weight is 515 g/mol. The summed E-state index contributed by atoms with van der Waals surface area (Å²) in [6, 6.07) is 7.67. The Bertz CT molecular complexity index is 1080. The van der Waals surface area contributed by atoms with Crippen LogP contribution in [0.4, 0.5) is 24.7 Å². The molecule has 0 aliphatic carbocycles. The fraction of sp³-hybridized carbons (Fsp3) is 0.300. The Morgan fingerprint density at radius 1 is 1.35 bits per heavy atom. The Morgan fingerprint density at radius 3 is 2.65 bits per heavy atom. The predicted molar refractivity (Wildman–Crippen MR) is 115 cm³/mol. The van der Waals surface area contributed by atoms with E-state index in [1.165, 1.54) is 11.3 Å². The number of halogens is 4. The van der Waals surface area contributed by atoms with E-state index >= 15 is 0 Å². The molecule has 1 aliphatic rings. The Hall–Kier alpha value is -2.37. The van der Waals surface area contributed by atoms with Crippen molar-refractivity contribution in [2.75, 3.05) is 10.6 Å². The van der Waals surface area contributed by atoms with Gasteiger partial charge in [0.15, 0.2) is 11.7 Å². The van der Waals surface area contributed by atoms with Crippen molar-refractivity contribution in [1.82, 2.24) is 9.78 Å². The van der Waals surface area contributed by atoms with Gasteiger partial charge in [-0.15, -0.1) is 11.3 Å². The first kappa shape index (κ1) is 21.8. The lowest BCUT2D eigenvalue weighted by Crippen LogP contribution is -2.35. The first-order valence-corrected chi connectivity index (χ1v) is 11.1. The zero-order valence-corrected chi connectivity index (χ0v) is 18.6. The SMILES string of the molecule is C[C@H](O)c1ccc(NC(=O)c2nn3c(c2Br)N[C@@H](c2cccs2)C[C@@H]3C(F)(F)F)cc1. The molecule has 0 spiro atoms. The molecule has 3 atom stereocenters. The minimum absolute atomic E-state index is 0.113. The van der Waals surface area contributed by atoms with Crippen LogP contribution in [0.2, 0.25) is 0 Å². The summed E-state index contributed by atoms with van der Waals surface area (Å²) >= 11 is 4.63. The Morgan fingerprint density at radius 2 is 2.06 bits per heavy atom. The molecule has 2 aromatic heterocycles. The maximum atomic E-state index is 13.8. The first-order chi connectivity index (χ1) is 14.6. The second-order valence-electron chi connectivity index (χ2n) is 7.21. The van der Waals surface area contributed by atoms with Crippen LogP contribution in [0.25, 0.3) is 0 Å². The van der Waals surface area contributed by atoms with Crippen LogP contribution in [0.1, 0.15) is 52.5 Å². The highest BCUT2D eigenvalue weighted by molar-refractivity contribution is 9.10. The van der Waals surface area contributed by atoms with E-state index in [2.05, 4.69) is 31.7 Å². The third-order valence-electron chi connectivity index (χ3n) is 5.05. The summed E-state index contributed by atoms with van der Waals surface area (Å²) in [5.74, 6) is -0.532. The molecule has 3 heterocycles. The number of amides is 1. The fourth-order valence-electron chi connectivity index (χ4n) is 3.45. The number of rotatable bonds is 4. The molecule has 31 heavy (non-hydrogen) atoms. The minimum atomic E-state index is -4.53. The van der Waals surface area contributed by atoms with Gasteiger partial charge in [0, 0.05) is 17.0 Å². The number of benzene rings is 1. The number of aromatic nitrogens is 2. The number of carbonyl (C=O) groups excluding carboxylic acids is 1. The quantitative estimate of drug-likeness (QED) is 0.418. The van der Waals surface area contributed by atoms with E-state index in [-0.39, 0.29) is 22.4 Å². The molecule has 0 bridgehead atoms. The lowest BCUT2D eigenvalue weighted by atomic mass is 10.0. The van der Waals surface area contributed by atoms with Crippen molar-refractivity contribution < 1.29 is 23.1 Å². The monoisotopic (exact) mass is 514 g/mol. The normalized spacial score (nSPS) is 19.4. The Balaban J connectivity index is 1.64. The molecule has 0 saturated heterocycles. The van der Waals surface area contributed by atoms with Crippen LogP contribution in [-0.2, 0) is 0 Å². The minimum Gasteiger partial charge on any atom is -0.389 e. The number of hydrogen-bond acceptors (Lipinski definition) is 5. The molecule has 4 rings (SSSR count). The number of aliphatic hydroxyl groups is 1. The van der Waals surface area contributed by atoms with Crippen molar-refractivity contribution in [3.8, 4) is 0 Å². The molecule has 3 aromatic rings. The van der Waals surface area contributed by atoms with Gasteiger partial charge >= 0.3 is 6.18 Å². The molecular formula is C20H18BrF3N4O2S. The maximum Gasteiger partial charge on any atom is 0.410 e. The van der Waals surface area contributed by atoms with Gasteiger partial charge in [-0.3, -0.25) is 4.79 Å². The summed E-state index contributed by atoms with van der Waals surface area (Å²) in [7, 11) is 0. The molecule has 1 amide bonds. The van der Waals surface area contributed by atoms with E-state index in [0.717, 1.165) is 9.56 Å². The second-order valence-corrected chi connectivity index (χ2v) is 8.99. The molecule has 11 heteroatoms. The van der Waals surface area contributed by atoms with Crippen molar-refractivity contribution in [2.24, 2.45) is 0 Å². The van der Waals surface area contributed by atoms with Gasteiger partial charge in [-0.1, -0.05) is 18.2 Å². The van der Waals surface area contributed by atoms with E-state index in [4.69, 9.17) is 0 Å². The van der Waals surface area contributed by atoms with Crippen LogP contribution in [0.3, 0.4) is 0 Å². The highest BCUT2D eigenvalue weighted by Gasteiger charge is 2.48. The fourth-order valence-corrected chi connectivity index (χ4v) is 4.79. The van der Waals surface area contributed by atoms with Crippen LogP contribution in [0.15, 0.2) is 46.3 Å². The number of anilines is 2. The molecule has 6 nitrogen and oxygen atoms in total. The number of nitrogens with one attached hydrogen (secondary N) is 2. The van der Waals surface area contributed by atoms with Gasteiger partial charge in [-0.2, -0.15) is 18.3 Å². The van der Waals surface area contributed by atoms with Gasteiger partial charge < -0.3 is 15.7 Å². The van der Waals surface area contributed by atoms with E-state index in [9.17, 15) is 23.1 Å². The zero-order valence-electron chi connectivity index (χ0n) is 16.2. The van der Waals surface area contributed by atoms with E-state index < -0.39 is 30.3 Å². The van der Waals surface area contributed by atoms with Gasteiger partial charge in [0.2, 0.25) is 0 Å². The first-order valence-electron chi connectivity index (χ1n) is 9.39. The van der Waals surface area contributed by atoms with Crippen LogP contribution < -0.4 is 10.6 Å². The van der Waals surface area contributed by atoms with Gasteiger partial charge in [0.1, 0.15) is 5.82 Å². The van der Waals surface area contributed by atoms with Crippen LogP contribution >= 0.6 is 27.3 Å². The summed E-state index contributed by atoms with van der Waals surface area (Å²) in [4.78, 5) is 13.5. The predicted octanol–water partition coefficient (Wildman–Crippen LogP) is 5.67. The Kier molecular flexibility index (Phi) is 5.84. The number of thiophene rings is 1. The summed E-state index contributed by atoms with van der Waals surface area (Å²) in [5, 5.41) is 21.1. The van der Waals surface area contributed by atoms with Gasteiger partial charge in [0.25, 0.3) is 5.91 Å². The molecule has 0 fully saturated rings. The number of alkyl halides is 3. The van der Waals surface area contributed by atoms with E-state index in [1.807, 2.05) is 5.38 Å². The summed E-state index contributed by atoms with van der Waals surface area (Å²) < 4.78 is 42.4. The Labute approximate surface area is 188 Å². The molecule has 0 unspecified atom stereocenters.